The third kappa shape index (κ3) is 1.65. The van der Waals surface area contributed by atoms with Gasteiger partial charge in [0, 0.05) is 6.04 Å². The van der Waals surface area contributed by atoms with E-state index in [1.54, 1.807) is 0 Å². The normalized spacial score (nSPS) is 35.3. The van der Waals surface area contributed by atoms with Crippen molar-refractivity contribution < 1.29 is 4.39 Å². The molecule has 0 aliphatic heterocycles. The molecule has 0 radical (unpaired) electrons. The van der Waals surface area contributed by atoms with Gasteiger partial charge in [0.2, 0.25) is 0 Å². The van der Waals surface area contributed by atoms with Crippen LogP contribution in [0.5, 0.6) is 0 Å². The number of alkyl halides is 1. The second kappa shape index (κ2) is 3.16. The van der Waals surface area contributed by atoms with Crippen molar-refractivity contribution in [2.24, 2.45) is 11.7 Å². The Balaban J connectivity index is 2.22. The molecule has 0 spiro atoms. The quantitative estimate of drug-likeness (QED) is 0.603. The van der Waals surface area contributed by atoms with E-state index in [-0.39, 0.29) is 6.67 Å². The van der Waals surface area contributed by atoms with E-state index in [2.05, 4.69) is 0 Å². The van der Waals surface area contributed by atoms with Gasteiger partial charge in [-0.2, -0.15) is 0 Å². The summed E-state index contributed by atoms with van der Waals surface area (Å²) in [6.07, 6.45) is 4.13. The Labute approximate surface area is 55.4 Å². The minimum absolute atomic E-state index is 0.196. The highest BCUT2D eigenvalue weighted by molar-refractivity contribution is 4.79. The van der Waals surface area contributed by atoms with E-state index >= 15 is 0 Å². The lowest BCUT2D eigenvalue weighted by Gasteiger charge is -2.11. The Morgan fingerprint density at radius 3 is 2.67 bits per heavy atom. The summed E-state index contributed by atoms with van der Waals surface area (Å²) in [5.41, 5.74) is 5.70. The molecular weight excluding hydrogens is 117 g/mol. The SMILES string of the molecule is NC1CCCC1CCF. The monoisotopic (exact) mass is 131 g/mol. The standard InChI is InChI=1S/C7H14FN/c8-5-4-6-2-1-3-7(6)9/h6-7H,1-5,9H2. The molecule has 0 heterocycles. The molecule has 1 aliphatic carbocycles. The molecule has 2 atom stereocenters. The maximum absolute atomic E-state index is 11.8. The molecule has 0 aromatic heterocycles. The van der Waals surface area contributed by atoms with Crippen LogP contribution in [0.3, 0.4) is 0 Å². The van der Waals surface area contributed by atoms with Crippen LogP contribution in [-0.2, 0) is 0 Å². The average molecular weight is 131 g/mol. The Kier molecular flexibility index (Phi) is 2.46. The molecule has 2 unspecified atom stereocenters. The highest BCUT2D eigenvalue weighted by Crippen LogP contribution is 2.26. The lowest BCUT2D eigenvalue weighted by Crippen LogP contribution is -2.24. The first-order chi connectivity index (χ1) is 4.34. The summed E-state index contributed by atoms with van der Waals surface area (Å²) in [4.78, 5) is 0. The zero-order valence-electron chi connectivity index (χ0n) is 5.65. The van der Waals surface area contributed by atoms with Crippen LogP contribution in [-0.4, -0.2) is 12.7 Å². The minimum atomic E-state index is -0.196. The summed E-state index contributed by atoms with van der Waals surface area (Å²) in [5, 5.41) is 0. The molecule has 0 amide bonds. The fraction of sp³-hybridized carbons (Fsp3) is 1.00. The molecule has 9 heavy (non-hydrogen) atoms. The third-order valence-electron chi connectivity index (χ3n) is 2.20. The van der Waals surface area contributed by atoms with Crippen molar-refractivity contribution in [3.05, 3.63) is 0 Å². The molecule has 1 rings (SSSR count). The van der Waals surface area contributed by atoms with Gasteiger partial charge in [-0.1, -0.05) is 6.42 Å². The van der Waals surface area contributed by atoms with Gasteiger partial charge in [0.15, 0.2) is 0 Å². The molecule has 1 nitrogen and oxygen atoms in total. The maximum atomic E-state index is 11.8. The molecule has 0 bridgehead atoms. The van der Waals surface area contributed by atoms with E-state index in [9.17, 15) is 4.39 Å². The Bertz CT molecular complexity index is 85.0. The second-order valence-corrected chi connectivity index (χ2v) is 2.83. The van der Waals surface area contributed by atoms with Crippen LogP contribution in [0, 0.1) is 5.92 Å². The molecule has 1 aliphatic rings. The zero-order chi connectivity index (χ0) is 6.69. The molecular formula is C7H14FN. The molecule has 0 saturated heterocycles. The van der Waals surface area contributed by atoms with Gasteiger partial charge in [0.25, 0.3) is 0 Å². The number of rotatable bonds is 2. The first kappa shape index (κ1) is 7.00. The fourth-order valence-corrected chi connectivity index (χ4v) is 1.56. The predicted molar refractivity (Wildman–Crippen MR) is 35.9 cm³/mol. The van der Waals surface area contributed by atoms with E-state index in [0.717, 1.165) is 12.8 Å². The topological polar surface area (TPSA) is 26.0 Å². The highest BCUT2D eigenvalue weighted by Gasteiger charge is 2.22. The largest absolute Gasteiger partial charge is 0.327 e. The Morgan fingerprint density at radius 2 is 2.22 bits per heavy atom. The fourth-order valence-electron chi connectivity index (χ4n) is 1.56. The van der Waals surface area contributed by atoms with Crippen LogP contribution in [0.2, 0.25) is 0 Å². The van der Waals surface area contributed by atoms with Gasteiger partial charge in [-0.15, -0.1) is 0 Å². The third-order valence-corrected chi connectivity index (χ3v) is 2.20. The average Bonchev–Trinajstić information content (AvgIpc) is 2.18. The highest BCUT2D eigenvalue weighted by atomic mass is 19.1. The van der Waals surface area contributed by atoms with Gasteiger partial charge in [0.05, 0.1) is 6.67 Å². The number of nitrogens with two attached hydrogens (primary N) is 1. The van der Waals surface area contributed by atoms with Crippen molar-refractivity contribution in [1.29, 1.82) is 0 Å². The lowest BCUT2D eigenvalue weighted by molar-refractivity contribution is 0.367. The number of hydrogen-bond acceptors (Lipinski definition) is 1. The van der Waals surface area contributed by atoms with Gasteiger partial charge >= 0.3 is 0 Å². The van der Waals surface area contributed by atoms with Crippen molar-refractivity contribution in [2.45, 2.75) is 31.7 Å². The lowest BCUT2D eigenvalue weighted by atomic mass is 10.0. The Hall–Kier alpha value is -0.110. The van der Waals surface area contributed by atoms with Gasteiger partial charge in [-0.25, -0.2) is 0 Å². The van der Waals surface area contributed by atoms with Gasteiger partial charge in [-0.3, -0.25) is 4.39 Å². The van der Waals surface area contributed by atoms with Crippen LogP contribution in [0.1, 0.15) is 25.7 Å². The zero-order valence-corrected chi connectivity index (χ0v) is 5.65. The van der Waals surface area contributed by atoms with Crippen molar-refractivity contribution in [1.82, 2.24) is 0 Å². The van der Waals surface area contributed by atoms with Crippen molar-refractivity contribution >= 4 is 0 Å². The van der Waals surface area contributed by atoms with E-state index in [1.807, 2.05) is 0 Å². The predicted octanol–water partition coefficient (Wildman–Crippen LogP) is 1.47. The summed E-state index contributed by atoms with van der Waals surface area (Å²) in [7, 11) is 0. The van der Waals surface area contributed by atoms with Gasteiger partial charge in [-0.05, 0) is 25.2 Å². The van der Waals surface area contributed by atoms with E-state index in [1.165, 1.54) is 6.42 Å². The maximum Gasteiger partial charge on any atom is 0.0897 e. The Morgan fingerprint density at radius 1 is 1.44 bits per heavy atom. The number of halogens is 1. The molecule has 1 fully saturated rings. The van der Waals surface area contributed by atoms with Crippen molar-refractivity contribution in [3.8, 4) is 0 Å². The van der Waals surface area contributed by atoms with E-state index in [0.29, 0.717) is 18.4 Å². The van der Waals surface area contributed by atoms with Crippen molar-refractivity contribution in [3.63, 3.8) is 0 Å². The molecule has 2 heteroatoms. The smallest absolute Gasteiger partial charge is 0.0897 e. The summed E-state index contributed by atoms with van der Waals surface area (Å²) in [6, 6.07) is 0.292. The van der Waals surface area contributed by atoms with Crippen LogP contribution in [0.4, 0.5) is 4.39 Å². The van der Waals surface area contributed by atoms with Crippen LogP contribution in [0.25, 0.3) is 0 Å². The van der Waals surface area contributed by atoms with Crippen LogP contribution >= 0.6 is 0 Å². The van der Waals surface area contributed by atoms with Crippen molar-refractivity contribution in [2.75, 3.05) is 6.67 Å². The van der Waals surface area contributed by atoms with Crippen LogP contribution in [0.15, 0.2) is 0 Å². The van der Waals surface area contributed by atoms with Crippen LogP contribution < -0.4 is 5.73 Å². The summed E-state index contributed by atoms with van der Waals surface area (Å²) in [6.45, 7) is -0.196. The molecule has 2 N–H and O–H groups in total. The second-order valence-electron chi connectivity index (χ2n) is 2.83. The minimum Gasteiger partial charge on any atom is -0.327 e. The summed E-state index contributed by atoms with van der Waals surface area (Å²) >= 11 is 0. The molecule has 54 valence electrons. The number of hydrogen-bond donors (Lipinski definition) is 1. The van der Waals surface area contributed by atoms with E-state index < -0.39 is 0 Å². The molecule has 0 aromatic rings. The first-order valence-corrected chi connectivity index (χ1v) is 3.66. The van der Waals surface area contributed by atoms with Gasteiger partial charge in [0.1, 0.15) is 0 Å². The van der Waals surface area contributed by atoms with Gasteiger partial charge < -0.3 is 5.73 Å². The summed E-state index contributed by atoms with van der Waals surface area (Å²) in [5.74, 6) is 0.481. The van der Waals surface area contributed by atoms with E-state index in [4.69, 9.17) is 5.73 Å². The molecule has 1 saturated carbocycles. The first-order valence-electron chi connectivity index (χ1n) is 3.66. The molecule has 0 aromatic carbocycles. The summed E-state index contributed by atoms with van der Waals surface area (Å²) < 4.78 is 11.8.